The first-order chi connectivity index (χ1) is 9.70. The van der Waals surface area contributed by atoms with Gasteiger partial charge in [-0.15, -0.1) is 0 Å². The third-order valence-corrected chi connectivity index (χ3v) is 2.81. The summed E-state index contributed by atoms with van der Waals surface area (Å²) in [7, 11) is 0. The number of carbonyl (C=O) groups is 1. The number of nitrogens with two attached hydrogens (primary N) is 1. The van der Waals surface area contributed by atoms with Crippen molar-refractivity contribution in [2.75, 3.05) is 18.5 Å². The smallest absolute Gasteiger partial charge is 0.248 e. The van der Waals surface area contributed by atoms with Gasteiger partial charge in [0.2, 0.25) is 5.91 Å². The fourth-order valence-electron chi connectivity index (χ4n) is 1.69. The number of nitrogens with one attached hydrogen (secondary N) is 1. The SMILES string of the molecule is CC(C(=O)Nc1ccc(OCCN)cc1)n1cccn1. The van der Waals surface area contributed by atoms with Crippen LogP contribution in [0.15, 0.2) is 42.7 Å². The van der Waals surface area contributed by atoms with Crippen molar-refractivity contribution >= 4 is 11.6 Å². The predicted molar refractivity (Wildman–Crippen MR) is 76.6 cm³/mol. The highest BCUT2D eigenvalue weighted by Crippen LogP contribution is 2.17. The average molecular weight is 274 g/mol. The molecule has 0 aliphatic rings. The van der Waals surface area contributed by atoms with Crippen LogP contribution in [0.4, 0.5) is 5.69 Å². The van der Waals surface area contributed by atoms with Crippen LogP contribution < -0.4 is 15.8 Å². The Morgan fingerprint density at radius 3 is 2.80 bits per heavy atom. The zero-order chi connectivity index (χ0) is 14.4. The standard InChI is InChI=1S/C14H18N4O2/c1-11(18-9-2-8-16-18)14(19)17-12-3-5-13(6-4-12)20-10-7-15/h2-6,8-9,11H,7,10,15H2,1H3,(H,17,19). The van der Waals surface area contributed by atoms with E-state index < -0.39 is 0 Å². The topological polar surface area (TPSA) is 82.2 Å². The van der Waals surface area contributed by atoms with Crippen LogP contribution in [-0.4, -0.2) is 28.8 Å². The van der Waals surface area contributed by atoms with Crippen LogP contribution in [0.1, 0.15) is 13.0 Å². The molecule has 0 saturated carbocycles. The summed E-state index contributed by atoms with van der Waals surface area (Å²) in [6.07, 6.45) is 3.40. The van der Waals surface area contributed by atoms with Gasteiger partial charge in [0.1, 0.15) is 18.4 Å². The van der Waals surface area contributed by atoms with Crippen LogP contribution >= 0.6 is 0 Å². The molecule has 2 rings (SSSR count). The molecule has 1 aromatic heterocycles. The van der Waals surface area contributed by atoms with Crippen LogP contribution in [0, 0.1) is 0 Å². The molecule has 0 bridgehead atoms. The molecular weight excluding hydrogens is 256 g/mol. The van der Waals surface area contributed by atoms with Crippen molar-refractivity contribution in [1.29, 1.82) is 0 Å². The quantitative estimate of drug-likeness (QED) is 0.834. The molecule has 20 heavy (non-hydrogen) atoms. The van der Waals surface area contributed by atoms with Gasteiger partial charge in [-0.1, -0.05) is 0 Å². The number of benzene rings is 1. The second-order valence-corrected chi connectivity index (χ2v) is 4.31. The summed E-state index contributed by atoms with van der Waals surface area (Å²) >= 11 is 0. The van der Waals surface area contributed by atoms with Gasteiger partial charge in [0, 0.05) is 24.6 Å². The summed E-state index contributed by atoms with van der Waals surface area (Å²) < 4.78 is 6.97. The maximum atomic E-state index is 12.0. The number of hydrogen-bond donors (Lipinski definition) is 2. The highest BCUT2D eigenvalue weighted by atomic mass is 16.5. The third-order valence-electron chi connectivity index (χ3n) is 2.81. The Bertz CT molecular complexity index is 537. The fourth-order valence-corrected chi connectivity index (χ4v) is 1.69. The van der Waals surface area contributed by atoms with E-state index in [1.54, 1.807) is 54.3 Å². The van der Waals surface area contributed by atoms with E-state index in [4.69, 9.17) is 10.5 Å². The molecule has 0 spiro atoms. The predicted octanol–water partition coefficient (Wildman–Crippen LogP) is 1.42. The minimum Gasteiger partial charge on any atom is -0.492 e. The first kappa shape index (κ1) is 14.1. The van der Waals surface area contributed by atoms with Crippen LogP contribution in [0.5, 0.6) is 5.75 Å². The number of aromatic nitrogens is 2. The van der Waals surface area contributed by atoms with Gasteiger partial charge in [0.25, 0.3) is 0 Å². The molecule has 1 amide bonds. The molecule has 0 fully saturated rings. The summed E-state index contributed by atoms with van der Waals surface area (Å²) in [5.74, 6) is 0.609. The van der Waals surface area contributed by atoms with Crippen molar-refractivity contribution in [2.45, 2.75) is 13.0 Å². The Balaban J connectivity index is 1.94. The lowest BCUT2D eigenvalue weighted by molar-refractivity contribution is -0.119. The van der Waals surface area contributed by atoms with E-state index in [2.05, 4.69) is 10.4 Å². The van der Waals surface area contributed by atoms with Crippen molar-refractivity contribution in [2.24, 2.45) is 5.73 Å². The van der Waals surface area contributed by atoms with Crippen LogP contribution in [0.25, 0.3) is 0 Å². The van der Waals surface area contributed by atoms with Crippen LogP contribution in [0.3, 0.4) is 0 Å². The molecule has 2 aromatic rings. The highest BCUT2D eigenvalue weighted by molar-refractivity contribution is 5.93. The minimum atomic E-state index is -0.363. The zero-order valence-electron chi connectivity index (χ0n) is 11.3. The fraction of sp³-hybridized carbons (Fsp3) is 0.286. The molecule has 1 heterocycles. The summed E-state index contributed by atoms with van der Waals surface area (Å²) in [5, 5.41) is 6.88. The molecular formula is C14H18N4O2. The molecule has 106 valence electrons. The largest absolute Gasteiger partial charge is 0.492 e. The van der Waals surface area contributed by atoms with Crippen LogP contribution in [-0.2, 0) is 4.79 Å². The summed E-state index contributed by atoms with van der Waals surface area (Å²) in [6, 6.07) is 8.60. The van der Waals surface area contributed by atoms with Gasteiger partial charge in [-0.25, -0.2) is 0 Å². The van der Waals surface area contributed by atoms with Crippen molar-refractivity contribution in [3.63, 3.8) is 0 Å². The normalized spacial score (nSPS) is 11.9. The van der Waals surface area contributed by atoms with Crippen molar-refractivity contribution in [3.05, 3.63) is 42.7 Å². The van der Waals surface area contributed by atoms with E-state index in [0.29, 0.717) is 18.8 Å². The Labute approximate surface area is 117 Å². The Morgan fingerprint density at radius 1 is 1.45 bits per heavy atom. The number of nitrogens with zero attached hydrogens (tertiary/aromatic N) is 2. The number of anilines is 1. The minimum absolute atomic E-state index is 0.121. The number of hydrogen-bond acceptors (Lipinski definition) is 4. The van der Waals surface area contributed by atoms with E-state index >= 15 is 0 Å². The molecule has 1 aromatic carbocycles. The van der Waals surface area contributed by atoms with Crippen molar-refractivity contribution in [1.82, 2.24) is 9.78 Å². The molecule has 1 unspecified atom stereocenters. The van der Waals surface area contributed by atoms with E-state index in [1.165, 1.54) is 0 Å². The molecule has 0 radical (unpaired) electrons. The van der Waals surface area contributed by atoms with E-state index in [0.717, 1.165) is 5.75 Å². The van der Waals surface area contributed by atoms with Crippen molar-refractivity contribution in [3.8, 4) is 5.75 Å². The monoisotopic (exact) mass is 274 g/mol. The summed E-state index contributed by atoms with van der Waals surface area (Å²) in [4.78, 5) is 12.0. The second-order valence-electron chi connectivity index (χ2n) is 4.31. The Morgan fingerprint density at radius 2 is 2.20 bits per heavy atom. The maximum absolute atomic E-state index is 12.0. The second kappa shape index (κ2) is 6.72. The van der Waals surface area contributed by atoms with Crippen LogP contribution in [0.2, 0.25) is 0 Å². The molecule has 3 N–H and O–H groups in total. The molecule has 6 heteroatoms. The Kier molecular flexibility index (Phi) is 4.73. The van der Waals surface area contributed by atoms with Gasteiger partial charge in [-0.05, 0) is 37.3 Å². The average Bonchev–Trinajstić information content (AvgIpc) is 3.00. The molecule has 1 atom stereocenters. The van der Waals surface area contributed by atoms with Gasteiger partial charge in [-0.3, -0.25) is 9.48 Å². The lowest BCUT2D eigenvalue weighted by Gasteiger charge is -2.13. The zero-order valence-corrected chi connectivity index (χ0v) is 11.3. The van der Waals surface area contributed by atoms with Crippen molar-refractivity contribution < 1.29 is 9.53 Å². The van der Waals surface area contributed by atoms with Gasteiger partial charge in [0.05, 0.1) is 0 Å². The molecule has 0 aliphatic carbocycles. The Hall–Kier alpha value is -2.34. The number of rotatable bonds is 6. The maximum Gasteiger partial charge on any atom is 0.248 e. The summed E-state index contributed by atoms with van der Waals surface area (Å²) in [5.41, 5.74) is 6.08. The molecule has 6 nitrogen and oxygen atoms in total. The number of carbonyl (C=O) groups excluding carboxylic acids is 1. The van der Waals surface area contributed by atoms with Gasteiger partial charge >= 0.3 is 0 Å². The van der Waals surface area contributed by atoms with E-state index in [-0.39, 0.29) is 11.9 Å². The first-order valence-corrected chi connectivity index (χ1v) is 6.43. The lowest BCUT2D eigenvalue weighted by atomic mass is 10.2. The van der Waals surface area contributed by atoms with Gasteiger partial charge < -0.3 is 15.8 Å². The van der Waals surface area contributed by atoms with Gasteiger partial charge in [0.15, 0.2) is 0 Å². The number of amides is 1. The highest BCUT2D eigenvalue weighted by Gasteiger charge is 2.14. The van der Waals surface area contributed by atoms with Gasteiger partial charge in [-0.2, -0.15) is 5.10 Å². The summed E-state index contributed by atoms with van der Waals surface area (Å²) in [6.45, 7) is 2.74. The third kappa shape index (κ3) is 3.58. The molecule has 0 aliphatic heterocycles. The number of ether oxygens (including phenoxy) is 1. The van der Waals surface area contributed by atoms with E-state index in [9.17, 15) is 4.79 Å². The van der Waals surface area contributed by atoms with E-state index in [1.807, 2.05) is 0 Å². The molecule has 0 saturated heterocycles. The first-order valence-electron chi connectivity index (χ1n) is 6.43. The lowest BCUT2D eigenvalue weighted by Crippen LogP contribution is -2.23.